The standard InChI is InChI=1S/C14H20N2O5S2/c1-15(9-5-12(17)21-2)14(18)13-11(6-10-22-13)23(19,20)16-7-3-4-8-16/h6,10H,3-5,7-9H2,1-2H3. The summed E-state index contributed by atoms with van der Waals surface area (Å²) in [7, 11) is -0.815. The van der Waals surface area contributed by atoms with Crippen LogP contribution in [0.4, 0.5) is 0 Å². The van der Waals surface area contributed by atoms with Gasteiger partial charge < -0.3 is 9.64 Å². The number of nitrogens with zero attached hydrogens (tertiary/aromatic N) is 2. The van der Waals surface area contributed by atoms with Gasteiger partial charge in [0.1, 0.15) is 9.77 Å². The van der Waals surface area contributed by atoms with Crippen LogP contribution in [-0.4, -0.2) is 63.3 Å². The Balaban J connectivity index is 2.16. The Bertz CT molecular complexity index is 677. The molecule has 23 heavy (non-hydrogen) atoms. The minimum absolute atomic E-state index is 0.0549. The van der Waals surface area contributed by atoms with Gasteiger partial charge >= 0.3 is 5.97 Å². The Morgan fingerprint density at radius 3 is 2.61 bits per heavy atom. The number of hydrogen-bond acceptors (Lipinski definition) is 6. The van der Waals surface area contributed by atoms with Gasteiger partial charge in [0.05, 0.1) is 13.5 Å². The molecule has 1 aliphatic heterocycles. The van der Waals surface area contributed by atoms with E-state index >= 15 is 0 Å². The zero-order chi connectivity index (χ0) is 17.0. The Labute approximate surface area is 139 Å². The summed E-state index contributed by atoms with van der Waals surface area (Å²) >= 11 is 1.10. The number of amides is 1. The van der Waals surface area contributed by atoms with Crippen LogP contribution in [0.2, 0.25) is 0 Å². The van der Waals surface area contributed by atoms with Crippen molar-refractivity contribution < 1.29 is 22.7 Å². The monoisotopic (exact) mass is 360 g/mol. The number of carbonyl (C=O) groups is 2. The Morgan fingerprint density at radius 1 is 1.35 bits per heavy atom. The van der Waals surface area contributed by atoms with Crippen LogP contribution in [0.3, 0.4) is 0 Å². The first-order chi connectivity index (χ1) is 10.9. The number of sulfonamides is 1. The molecular weight excluding hydrogens is 340 g/mol. The Hall–Kier alpha value is -1.45. The summed E-state index contributed by atoms with van der Waals surface area (Å²) in [4.78, 5) is 25.2. The maximum Gasteiger partial charge on any atom is 0.307 e. The largest absolute Gasteiger partial charge is 0.469 e. The maximum absolute atomic E-state index is 12.6. The van der Waals surface area contributed by atoms with Gasteiger partial charge in [0.2, 0.25) is 10.0 Å². The van der Waals surface area contributed by atoms with Crippen molar-refractivity contribution in [3.63, 3.8) is 0 Å². The average Bonchev–Trinajstić information content (AvgIpc) is 3.22. The van der Waals surface area contributed by atoms with E-state index in [0.29, 0.717) is 13.1 Å². The van der Waals surface area contributed by atoms with Crippen molar-refractivity contribution in [2.45, 2.75) is 24.2 Å². The van der Waals surface area contributed by atoms with Gasteiger partial charge in [0.15, 0.2) is 0 Å². The van der Waals surface area contributed by atoms with Crippen molar-refractivity contribution in [1.29, 1.82) is 0 Å². The van der Waals surface area contributed by atoms with Crippen LogP contribution in [0.1, 0.15) is 28.9 Å². The molecule has 2 heterocycles. The lowest BCUT2D eigenvalue weighted by molar-refractivity contribution is -0.140. The van der Waals surface area contributed by atoms with Crippen molar-refractivity contribution in [1.82, 2.24) is 9.21 Å². The molecule has 0 N–H and O–H groups in total. The van der Waals surface area contributed by atoms with E-state index in [2.05, 4.69) is 4.74 Å². The van der Waals surface area contributed by atoms with E-state index < -0.39 is 21.9 Å². The molecule has 128 valence electrons. The molecule has 0 atom stereocenters. The second kappa shape index (κ2) is 7.41. The zero-order valence-electron chi connectivity index (χ0n) is 13.1. The van der Waals surface area contributed by atoms with Gasteiger partial charge in [-0.05, 0) is 24.3 Å². The molecule has 0 aliphatic carbocycles. The van der Waals surface area contributed by atoms with Crippen molar-refractivity contribution in [2.24, 2.45) is 0 Å². The molecule has 1 aromatic rings. The first kappa shape index (κ1) is 17.9. The van der Waals surface area contributed by atoms with Gasteiger partial charge in [0.25, 0.3) is 5.91 Å². The lowest BCUT2D eigenvalue weighted by Gasteiger charge is -2.19. The number of esters is 1. The molecule has 1 aromatic heterocycles. The van der Waals surface area contributed by atoms with E-state index in [4.69, 9.17) is 0 Å². The number of ether oxygens (including phenoxy) is 1. The summed E-state index contributed by atoms with van der Waals surface area (Å²) in [5, 5.41) is 1.60. The molecule has 0 saturated carbocycles. The second-order valence-corrected chi connectivity index (χ2v) is 8.10. The van der Waals surface area contributed by atoms with Crippen molar-refractivity contribution in [3.8, 4) is 0 Å². The van der Waals surface area contributed by atoms with Gasteiger partial charge in [-0.25, -0.2) is 8.42 Å². The fourth-order valence-corrected chi connectivity index (χ4v) is 5.27. The molecule has 1 aliphatic rings. The van der Waals surface area contributed by atoms with Crippen LogP contribution in [0.5, 0.6) is 0 Å². The molecule has 0 radical (unpaired) electrons. The molecule has 1 fully saturated rings. The van der Waals surface area contributed by atoms with E-state index in [1.165, 1.54) is 29.4 Å². The molecule has 7 nitrogen and oxygen atoms in total. The fourth-order valence-electron chi connectivity index (χ4n) is 2.36. The van der Waals surface area contributed by atoms with Gasteiger partial charge in [-0.2, -0.15) is 4.31 Å². The number of carbonyl (C=O) groups excluding carboxylic acids is 2. The van der Waals surface area contributed by atoms with Gasteiger partial charge in [-0.15, -0.1) is 11.3 Å². The minimum atomic E-state index is -3.64. The van der Waals surface area contributed by atoms with E-state index in [-0.39, 0.29) is 22.7 Å². The summed E-state index contributed by atoms with van der Waals surface area (Å²) in [6.07, 6.45) is 1.75. The lowest BCUT2D eigenvalue weighted by atomic mass is 10.3. The highest BCUT2D eigenvalue weighted by Gasteiger charge is 2.32. The van der Waals surface area contributed by atoms with Crippen LogP contribution in [0.15, 0.2) is 16.3 Å². The van der Waals surface area contributed by atoms with Gasteiger partial charge in [-0.1, -0.05) is 0 Å². The van der Waals surface area contributed by atoms with Crippen molar-refractivity contribution >= 4 is 33.2 Å². The molecule has 0 spiro atoms. The average molecular weight is 360 g/mol. The van der Waals surface area contributed by atoms with E-state index in [9.17, 15) is 18.0 Å². The minimum Gasteiger partial charge on any atom is -0.469 e. The maximum atomic E-state index is 12.6. The van der Waals surface area contributed by atoms with E-state index in [1.807, 2.05) is 0 Å². The lowest BCUT2D eigenvalue weighted by Crippen LogP contribution is -2.32. The third-order valence-electron chi connectivity index (χ3n) is 3.73. The predicted molar refractivity (Wildman–Crippen MR) is 85.9 cm³/mol. The first-order valence-electron chi connectivity index (χ1n) is 7.28. The highest BCUT2D eigenvalue weighted by atomic mass is 32.2. The summed E-state index contributed by atoms with van der Waals surface area (Å²) in [6.45, 7) is 1.15. The van der Waals surface area contributed by atoms with Crippen LogP contribution >= 0.6 is 11.3 Å². The Kier molecular flexibility index (Phi) is 5.77. The normalized spacial score (nSPS) is 15.6. The SMILES string of the molecule is COC(=O)CCN(C)C(=O)c1sccc1S(=O)(=O)N1CCCC1. The highest BCUT2D eigenvalue weighted by molar-refractivity contribution is 7.89. The summed E-state index contributed by atoms with van der Waals surface area (Å²) in [5.74, 6) is -0.817. The second-order valence-electron chi connectivity index (χ2n) is 5.28. The predicted octanol–water partition coefficient (Wildman–Crippen LogP) is 1.17. The molecule has 0 unspecified atom stereocenters. The molecule has 0 aromatic carbocycles. The van der Waals surface area contributed by atoms with E-state index in [0.717, 1.165) is 24.2 Å². The van der Waals surface area contributed by atoms with Crippen LogP contribution < -0.4 is 0 Å². The highest BCUT2D eigenvalue weighted by Crippen LogP contribution is 2.28. The number of hydrogen-bond donors (Lipinski definition) is 0. The van der Waals surface area contributed by atoms with Crippen LogP contribution in [0, 0.1) is 0 Å². The van der Waals surface area contributed by atoms with E-state index in [1.54, 1.807) is 5.38 Å². The topological polar surface area (TPSA) is 84.0 Å². The number of thiophene rings is 1. The molecule has 2 rings (SSSR count). The van der Waals surface area contributed by atoms with Crippen molar-refractivity contribution in [2.75, 3.05) is 33.8 Å². The molecule has 1 saturated heterocycles. The van der Waals surface area contributed by atoms with Gasteiger partial charge in [0, 0.05) is 26.7 Å². The number of rotatable bonds is 6. The van der Waals surface area contributed by atoms with Crippen molar-refractivity contribution in [3.05, 3.63) is 16.3 Å². The molecule has 0 bridgehead atoms. The Morgan fingerprint density at radius 2 is 2.00 bits per heavy atom. The fraction of sp³-hybridized carbons (Fsp3) is 0.571. The van der Waals surface area contributed by atoms with Crippen LogP contribution in [-0.2, 0) is 19.6 Å². The summed E-state index contributed by atoms with van der Waals surface area (Å²) in [5.41, 5.74) is 0. The molecule has 9 heteroatoms. The van der Waals surface area contributed by atoms with Crippen LogP contribution in [0.25, 0.3) is 0 Å². The molecule has 1 amide bonds. The summed E-state index contributed by atoms with van der Waals surface area (Å²) in [6, 6.07) is 1.47. The third-order valence-corrected chi connectivity index (χ3v) is 6.70. The molecular formula is C14H20N2O5S2. The first-order valence-corrected chi connectivity index (χ1v) is 9.60. The summed E-state index contributed by atoms with van der Waals surface area (Å²) < 4.78 is 31.2. The number of methoxy groups -OCH3 is 1. The third kappa shape index (κ3) is 3.91. The quantitative estimate of drug-likeness (QED) is 0.711. The zero-order valence-corrected chi connectivity index (χ0v) is 14.8. The smallest absolute Gasteiger partial charge is 0.307 e. The van der Waals surface area contributed by atoms with Gasteiger partial charge in [-0.3, -0.25) is 9.59 Å².